The molecule has 0 aliphatic heterocycles. The van der Waals surface area contributed by atoms with E-state index < -0.39 is 6.17 Å². The Balaban J connectivity index is 2.81. The molecule has 0 aromatic carbocycles. The fourth-order valence-electron chi connectivity index (χ4n) is 0.348. The maximum Gasteiger partial charge on any atom is 0.0976 e. The molecule has 0 rings (SSSR count). The van der Waals surface area contributed by atoms with Crippen molar-refractivity contribution in [2.75, 3.05) is 0 Å². The normalized spacial score (nSPS) is 13.4. The van der Waals surface area contributed by atoms with E-state index in [2.05, 4.69) is 6.58 Å². The lowest BCUT2D eigenvalue weighted by molar-refractivity contribution is 0.343. The molecule has 1 unspecified atom stereocenters. The smallest absolute Gasteiger partial charge is 0.0976 e. The summed E-state index contributed by atoms with van der Waals surface area (Å²) in [6.45, 7) is 5.03. The van der Waals surface area contributed by atoms with Gasteiger partial charge in [0.2, 0.25) is 0 Å². The molecular weight excluding hydrogens is 91.1 g/mol. The van der Waals surface area contributed by atoms with Crippen LogP contribution in [0.25, 0.3) is 0 Å². The second-order valence-corrected chi connectivity index (χ2v) is 1.65. The van der Waals surface area contributed by atoms with Crippen LogP contribution in [0, 0.1) is 0 Å². The number of hydrogen-bond donors (Lipinski definition) is 0. The average molecular weight is 102 g/mol. The Kier molecular flexibility index (Phi) is 3.67. The molecule has 0 radical (unpaired) electrons. The van der Waals surface area contributed by atoms with E-state index in [0.717, 1.165) is 6.42 Å². The summed E-state index contributed by atoms with van der Waals surface area (Å²) in [6.07, 6.45) is 2.47. The van der Waals surface area contributed by atoms with Crippen LogP contribution < -0.4 is 0 Å². The maximum atomic E-state index is 11.8. The van der Waals surface area contributed by atoms with Gasteiger partial charge < -0.3 is 0 Å². The lowest BCUT2D eigenvalue weighted by Crippen LogP contribution is -1.88. The zero-order valence-electron chi connectivity index (χ0n) is 4.65. The quantitative estimate of drug-likeness (QED) is 0.480. The van der Waals surface area contributed by atoms with E-state index in [0.29, 0.717) is 6.42 Å². The van der Waals surface area contributed by atoms with Gasteiger partial charge in [-0.25, -0.2) is 4.39 Å². The van der Waals surface area contributed by atoms with Gasteiger partial charge in [0.25, 0.3) is 0 Å². The molecule has 0 nitrogen and oxygen atoms in total. The van der Waals surface area contributed by atoms with E-state index in [9.17, 15) is 4.39 Å². The molecule has 0 fully saturated rings. The van der Waals surface area contributed by atoms with Crippen molar-refractivity contribution < 1.29 is 4.39 Å². The highest BCUT2D eigenvalue weighted by molar-refractivity contribution is 4.67. The van der Waals surface area contributed by atoms with Crippen LogP contribution in [0.1, 0.15) is 19.8 Å². The van der Waals surface area contributed by atoms with Crippen molar-refractivity contribution in [3.8, 4) is 0 Å². The van der Waals surface area contributed by atoms with Crippen LogP contribution in [-0.2, 0) is 0 Å². The zero-order chi connectivity index (χ0) is 5.70. The summed E-state index contributed by atoms with van der Waals surface area (Å²) in [5.41, 5.74) is 0. The van der Waals surface area contributed by atoms with Crippen molar-refractivity contribution in [3.63, 3.8) is 0 Å². The van der Waals surface area contributed by atoms with E-state index in [1.165, 1.54) is 0 Å². The highest BCUT2D eigenvalue weighted by atomic mass is 19.1. The van der Waals surface area contributed by atoms with Crippen LogP contribution in [0.5, 0.6) is 0 Å². The van der Waals surface area contributed by atoms with Crippen LogP contribution in [0.15, 0.2) is 12.7 Å². The minimum atomic E-state index is -0.669. The summed E-state index contributed by atoms with van der Waals surface area (Å²) < 4.78 is 11.8. The van der Waals surface area contributed by atoms with Gasteiger partial charge in [-0.15, -0.1) is 6.58 Å². The summed E-state index contributed by atoms with van der Waals surface area (Å²) >= 11 is 0. The lowest BCUT2D eigenvalue weighted by atomic mass is 10.2. The summed E-state index contributed by atoms with van der Waals surface area (Å²) in [6, 6.07) is 0. The highest BCUT2D eigenvalue weighted by Crippen LogP contribution is 1.98. The predicted molar refractivity (Wildman–Crippen MR) is 30.0 cm³/mol. The molecule has 0 heterocycles. The first-order chi connectivity index (χ1) is 3.27. The third-order valence-electron chi connectivity index (χ3n) is 0.769. The Morgan fingerprint density at radius 2 is 2.43 bits per heavy atom. The molecule has 7 heavy (non-hydrogen) atoms. The van der Waals surface area contributed by atoms with Gasteiger partial charge in [0, 0.05) is 0 Å². The molecule has 0 spiro atoms. The molecule has 0 aliphatic carbocycles. The highest BCUT2D eigenvalue weighted by Gasteiger charge is 1.91. The van der Waals surface area contributed by atoms with Crippen LogP contribution in [0.2, 0.25) is 0 Å². The third-order valence-corrected chi connectivity index (χ3v) is 0.769. The Morgan fingerprint density at radius 3 is 2.57 bits per heavy atom. The summed E-state index contributed by atoms with van der Waals surface area (Å²) in [4.78, 5) is 0. The lowest BCUT2D eigenvalue weighted by Gasteiger charge is -1.93. The Hall–Kier alpha value is -0.330. The molecule has 42 valence electrons. The third kappa shape index (κ3) is 5.67. The first-order valence-electron chi connectivity index (χ1n) is 2.52. The summed E-state index contributed by atoms with van der Waals surface area (Å²) in [5, 5.41) is 0. The van der Waals surface area contributed by atoms with Gasteiger partial charge in [0.1, 0.15) is 0 Å². The molecule has 0 N–H and O–H groups in total. The molecule has 1 atom stereocenters. The summed E-state index contributed by atoms with van der Waals surface area (Å²) in [7, 11) is 0. The number of allylic oxidation sites excluding steroid dienone is 1. The standard InChI is InChI=1S/C6H11F/c1-3-4-5-6(2)7/h3,6H,1,4-5H2,2H3. The van der Waals surface area contributed by atoms with E-state index in [1.54, 1.807) is 13.0 Å². The minimum absolute atomic E-state index is 0.615. The van der Waals surface area contributed by atoms with Crippen molar-refractivity contribution in [1.82, 2.24) is 0 Å². The first-order valence-corrected chi connectivity index (χ1v) is 2.52. The molecule has 0 aliphatic rings. The molecule has 0 amide bonds. The fraction of sp³-hybridized carbons (Fsp3) is 0.667. The molecule has 0 saturated heterocycles. The topological polar surface area (TPSA) is 0 Å². The molecule has 0 aromatic rings. The zero-order valence-corrected chi connectivity index (χ0v) is 4.65. The van der Waals surface area contributed by atoms with E-state index in [1.807, 2.05) is 0 Å². The van der Waals surface area contributed by atoms with Crippen molar-refractivity contribution in [2.45, 2.75) is 25.9 Å². The Morgan fingerprint density at radius 1 is 1.86 bits per heavy atom. The number of alkyl halides is 1. The van der Waals surface area contributed by atoms with Gasteiger partial charge in [-0.1, -0.05) is 6.08 Å². The molecule has 0 saturated carbocycles. The van der Waals surface area contributed by atoms with Crippen LogP contribution in [0.4, 0.5) is 4.39 Å². The second-order valence-electron chi connectivity index (χ2n) is 1.65. The van der Waals surface area contributed by atoms with Gasteiger partial charge in [0.05, 0.1) is 6.17 Å². The van der Waals surface area contributed by atoms with Crippen molar-refractivity contribution in [3.05, 3.63) is 12.7 Å². The van der Waals surface area contributed by atoms with Gasteiger partial charge >= 0.3 is 0 Å². The fourth-order valence-corrected chi connectivity index (χ4v) is 0.348. The van der Waals surface area contributed by atoms with Crippen LogP contribution in [0.3, 0.4) is 0 Å². The van der Waals surface area contributed by atoms with E-state index in [-0.39, 0.29) is 0 Å². The molecule has 0 aromatic heterocycles. The van der Waals surface area contributed by atoms with Gasteiger partial charge in [-0.05, 0) is 19.8 Å². The number of rotatable bonds is 3. The van der Waals surface area contributed by atoms with E-state index >= 15 is 0 Å². The van der Waals surface area contributed by atoms with Crippen molar-refractivity contribution in [2.24, 2.45) is 0 Å². The monoisotopic (exact) mass is 102 g/mol. The number of hydrogen-bond acceptors (Lipinski definition) is 0. The SMILES string of the molecule is C=CCCC(C)F. The molecular formula is C6H11F. The van der Waals surface area contributed by atoms with Gasteiger partial charge in [0.15, 0.2) is 0 Å². The van der Waals surface area contributed by atoms with Crippen LogP contribution >= 0.6 is 0 Å². The van der Waals surface area contributed by atoms with Gasteiger partial charge in [-0.3, -0.25) is 0 Å². The molecule has 0 bridgehead atoms. The first kappa shape index (κ1) is 6.67. The second kappa shape index (κ2) is 3.85. The Labute approximate surface area is 44.0 Å². The van der Waals surface area contributed by atoms with Crippen molar-refractivity contribution >= 4 is 0 Å². The predicted octanol–water partition coefficient (Wildman–Crippen LogP) is 2.31. The minimum Gasteiger partial charge on any atom is -0.248 e. The summed E-state index contributed by atoms with van der Waals surface area (Å²) in [5.74, 6) is 0. The average Bonchev–Trinajstić information content (AvgIpc) is 1.61. The molecule has 1 heteroatoms. The largest absolute Gasteiger partial charge is 0.248 e. The van der Waals surface area contributed by atoms with E-state index in [4.69, 9.17) is 0 Å². The maximum absolute atomic E-state index is 11.8. The van der Waals surface area contributed by atoms with Crippen molar-refractivity contribution in [1.29, 1.82) is 0 Å². The Bertz CT molecular complexity index is 48.1. The number of halogens is 1. The van der Waals surface area contributed by atoms with Gasteiger partial charge in [-0.2, -0.15) is 0 Å². The van der Waals surface area contributed by atoms with Crippen LogP contribution in [-0.4, -0.2) is 6.17 Å².